The molecule has 0 radical (unpaired) electrons. The van der Waals surface area contributed by atoms with E-state index in [1.54, 1.807) is 27.8 Å². The first-order chi connectivity index (χ1) is 9.74. The van der Waals surface area contributed by atoms with Crippen LogP contribution in [0.25, 0.3) is 0 Å². The van der Waals surface area contributed by atoms with E-state index in [0.29, 0.717) is 6.42 Å². The Labute approximate surface area is 125 Å². The molecule has 0 saturated heterocycles. The Balaban J connectivity index is 2.87. The fourth-order valence-electron chi connectivity index (χ4n) is 1.81. The second-order valence-electron chi connectivity index (χ2n) is 5.82. The number of carbonyl (C=O) groups is 2. The maximum absolute atomic E-state index is 12.1. The van der Waals surface area contributed by atoms with Crippen LogP contribution < -0.4 is 0 Å². The zero-order chi connectivity index (χ0) is 16.0. The maximum Gasteiger partial charge on any atom is 0.410 e. The fraction of sp³-hybridized carbons (Fsp3) is 0.500. The summed E-state index contributed by atoms with van der Waals surface area (Å²) in [5.41, 5.74) is 0.335. The molecule has 0 fully saturated rings. The Morgan fingerprint density at radius 3 is 2.24 bits per heavy atom. The van der Waals surface area contributed by atoms with Crippen molar-refractivity contribution >= 4 is 12.1 Å². The molecule has 0 saturated carbocycles. The summed E-state index contributed by atoms with van der Waals surface area (Å²) in [6.45, 7) is 5.34. The molecule has 0 aliphatic carbocycles. The van der Waals surface area contributed by atoms with E-state index in [-0.39, 0.29) is 0 Å². The first-order valence-electron chi connectivity index (χ1n) is 6.82. The lowest BCUT2D eigenvalue weighted by Gasteiger charge is -2.29. The van der Waals surface area contributed by atoms with Crippen LogP contribution >= 0.6 is 0 Å². The van der Waals surface area contributed by atoms with E-state index in [4.69, 9.17) is 9.47 Å². The lowest BCUT2D eigenvalue weighted by atomic mass is 10.1. The van der Waals surface area contributed by atoms with Crippen molar-refractivity contribution in [2.24, 2.45) is 0 Å². The van der Waals surface area contributed by atoms with Gasteiger partial charge in [0, 0.05) is 13.5 Å². The van der Waals surface area contributed by atoms with Gasteiger partial charge in [-0.05, 0) is 26.3 Å². The van der Waals surface area contributed by atoms with Crippen LogP contribution in [0.3, 0.4) is 0 Å². The zero-order valence-electron chi connectivity index (χ0n) is 13.3. The second-order valence-corrected chi connectivity index (χ2v) is 5.82. The maximum atomic E-state index is 12.1. The highest BCUT2D eigenvalue weighted by Crippen LogP contribution is 2.14. The van der Waals surface area contributed by atoms with E-state index in [1.807, 2.05) is 30.3 Å². The van der Waals surface area contributed by atoms with Gasteiger partial charge in [0.15, 0.2) is 0 Å². The van der Waals surface area contributed by atoms with E-state index in [9.17, 15) is 9.59 Å². The minimum Gasteiger partial charge on any atom is -0.467 e. The molecule has 0 aliphatic heterocycles. The van der Waals surface area contributed by atoms with E-state index in [1.165, 1.54) is 12.0 Å². The van der Waals surface area contributed by atoms with E-state index in [0.717, 1.165) is 5.56 Å². The Morgan fingerprint density at radius 1 is 1.19 bits per heavy atom. The number of hydrogen-bond acceptors (Lipinski definition) is 4. The third kappa shape index (κ3) is 5.45. The summed E-state index contributed by atoms with van der Waals surface area (Å²) >= 11 is 0. The van der Waals surface area contributed by atoms with Crippen LogP contribution in [0.1, 0.15) is 26.3 Å². The normalized spacial score (nSPS) is 12.4. The van der Waals surface area contributed by atoms with Gasteiger partial charge in [0.2, 0.25) is 0 Å². The molecule has 1 amide bonds. The summed E-state index contributed by atoms with van der Waals surface area (Å²) in [5.74, 6) is -0.466. The first-order valence-corrected chi connectivity index (χ1v) is 6.82. The average Bonchev–Trinajstić information content (AvgIpc) is 2.42. The smallest absolute Gasteiger partial charge is 0.410 e. The topological polar surface area (TPSA) is 55.8 Å². The van der Waals surface area contributed by atoms with Gasteiger partial charge in [0.05, 0.1) is 7.11 Å². The van der Waals surface area contributed by atoms with Gasteiger partial charge in [-0.2, -0.15) is 0 Å². The monoisotopic (exact) mass is 293 g/mol. The van der Waals surface area contributed by atoms with Crippen molar-refractivity contribution in [3.05, 3.63) is 35.9 Å². The number of esters is 1. The van der Waals surface area contributed by atoms with Gasteiger partial charge in [0.25, 0.3) is 0 Å². The van der Waals surface area contributed by atoms with Crippen molar-refractivity contribution in [1.82, 2.24) is 4.90 Å². The van der Waals surface area contributed by atoms with E-state index < -0.39 is 23.7 Å². The molecule has 21 heavy (non-hydrogen) atoms. The summed E-state index contributed by atoms with van der Waals surface area (Å²) in [5, 5.41) is 0. The quantitative estimate of drug-likeness (QED) is 0.801. The van der Waals surface area contributed by atoms with Gasteiger partial charge in [0.1, 0.15) is 11.6 Å². The molecule has 1 aromatic rings. The molecule has 5 heteroatoms. The molecule has 1 atom stereocenters. The van der Waals surface area contributed by atoms with Crippen LogP contribution in [-0.4, -0.2) is 42.8 Å². The Kier molecular flexibility index (Phi) is 5.76. The average molecular weight is 293 g/mol. The molecule has 0 unspecified atom stereocenters. The number of carbonyl (C=O) groups excluding carboxylic acids is 2. The van der Waals surface area contributed by atoms with Crippen molar-refractivity contribution in [1.29, 1.82) is 0 Å². The minimum absolute atomic E-state index is 0.378. The highest BCUT2D eigenvalue weighted by atomic mass is 16.6. The summed E-state index contributed by atoms with van der Waals surface area (Å²) in [7, 11) is 2.85. The molecule has 1 rings (SSSR count). The molecule has 5 nitrogen and oxygen atoms in total. The molecule has 0 aromatic heterocycles. The van der Waals surface area contributed by atoms with Crippen LogP contribution in [0.5, 0.6) is 0 Å². The van der Waals surface area contributed by atoms with Crippen molar-refractivity contribution < 1.29 is 19.1 Å². The van der Waals surface area contributed by atoms with Crippen LogP contribution in [0.4, 0.5) is 4.79 Å². The Hall–Kier alpha value is -2.04. The largest absolute Gasteiger partial charge is 0.467 e. The molecule has 0 bridgehead atoms. The predicted octanol–water partition coefficient (Wildman–Crippen LogP) is 2.64. The van der Waals surface area contributed by atoms with Crippen LogP contribution in [0.2, 0.25) is 0 Å². The molecule has 0 spiro atoms. The summed E-state index contributed by atoms with van der Waals surface area (Å²) < 4.78 is 10.1. The molecular weight excluding hydrogens is 270 g/mol. The third-order valence-electron chi connectivity index (χ3n) is 2.89. The number of ether oxygens (including phenoxy) is 2. The molecule has 1 aromatic carbocycles. The number of benzene rings is 1. The second kappa shape index (κ2) is 7.11. The van der Waals surface area contributed by atoms with Gasteiger partial charge in [-0.1, -0.05) is 30.3 Å². The van der Waals surface area contributed by atoms with E-state index in [2.05, 4.69) is 0 Å². The third-order valence-corrected chi connectivity index (χ3v) is 2.89. The summed E-state index contributed by atoms with van der Waals surface area (Å²) in [4.78, 5) is 25.3. The molecular formula is C16H23NO4. The fourth-order valence-corrected chi connectivity index (χ4v) is 1.81. The minimum atomic E-state index is -0.716. The number of amides is 1. The number of nitrogens with zero attached hydrogens (tertiary/aromatic N) is 1. The van der Waals surface area contributed by atoms with Crippen LogP contribution in [-0.2, 0) is 20.7 Å². The van der Waals surface area contributed by atoms with E-state index >= 15 is 0 Å². The first kappa shape index (κ1) is 17.0. The highest BCUT2D eigenvalue weighted by Gasteiger charge is 2.31. The number of rotatable bonds is 4. The standard InChI is InChI=1S/C16H23NO4/c1-16(2,3)21-15(19)17(4)13(14(18)20-5)11-12-9-7-6-8-10-12/h6-10,13H,11H2,1-5H3/t13-/m1/s1. The van der Waals surface area contributed by atoms with Crippen LogP contribution in [0.15, 0.2) is 30.3 Å². The predicted molar refractivity (Wildman–Crippen MR) is 79.9 cm³/mol. The van der Waals surface area contributed by atoms with Crippen LogP contribution in [0, 0.1) is 0 Å². The zero-order valence-corrected chi connectivity index (χ0v) is 13.3. The Morgan fingerprint density at radius 2 is 1.76 bits per heavy atom. The van der Waals surface area contributed by atoms with Gasteiger partial charge >= 0.3 is 12.1 Å². The SMILES string of the molecule is COC(=O)[C@@H](Cc1ccccc1)N(C)C(=O)OC(C)(C)C. The lowest BCUT2D eigenvalue weighted by Crippen LogP contribution is -2.46. The Bertz CT molecular complexity index is 479. The summed E-state index contributed by atoms with van der Waals surface area (Å²) in [6, 6.07) is 8.76. The van der Waals surface area contributed by atoms with Gasteiger partial charge in [-0.15, -0.1) is 0 Å². The van der Waals surface area contributed by atoms with Gasteiger partial charge in [-0.3, -0.25) is 4.90 Å². The number of methoxy groups -OCH3 is 1. The van der Waals surface area contributed by atoms with Gasteiger partial charge < -0.3 is 9.47 Å². The number of likely N-dealkylation sites (N-methyl/N-ethyl adjacent to an activating group) is 1. The number of hydrogen-bond donors (Lipinski definition) is 0. The van der Waals surface area contributed by atoms with Crippen molar-refractivity contribution in [2.45, 2.75) is 38.8 Å². The summed E-state index contributed by atoms with van der Waals surface area (Å²) in [6.07, 6.45) is -0.169. The molecule has 116 valence electrons. The molecule has 0 aliphatic rings. The molecule has 0 heterocycles. The van der Waals surface area contributed by atoms with Crippen molar-refractivity contribution in [2.75, 3.05) is 14.2 Å². The van der Waals surface area contributed by atoms with Crippen molar-refractivity contribution in [3.8, 4) is 0 Å². The van der Waals surface area contributed by atoms with Crippen molar-refractivity contribution in [3.63, 3.8) is 0 Å². The highest BCUT2D eigenvalue weighted by molar-refractivity contribution is 5.81. The lowest BCUT2D eigenvalue weighted by molar-refractivity contribution is -0.146. The molecule has 0 N–H and O–H groups in total. The van der Waals surface area contributed by atoms with Gasteiger partial charge in [-0.25, -0.2) is 9.59 Å².